The highest BCUT2D eigenvalue weighted by atomic mass is 16.1. The predicted octanol–water partition coefficient (Wildman–Crippen LogP) is 4.98. The summed E-state index contributed by atoms with van der Waals surface area (Å²) < 4.78 is 0. The normalized spacial score (nSPS) is 21.8. The van der Waals surface area contributed by atoms with E-state index in [2.05, 4.69) is 36.1 Å². The van der Waals surface area contributed by atoms with Crippen molar-refractivity contribution in [3.8, 4) is 0 Å². The fourth-order valence-electron chi connectivity index (χ4n) is 4.44. The molecular weight excluding hydrogens is 358 g/mol. The van der Waals surface area contributed by atoms with E-state index in [4.69, 9.17) is 0 Å². The number of hydrogen-bond donors (Lipinski definition) is 0. The van der Waals surface area contributed by atoms with Crippen molar-refractivity contribution in [1.29, 1.82) is 0 Å². The van der Waals surface area contributed by atoms with Crippen LogP contribution in [0.5, 0.6) is 0 Å². The van der Waals surface area contributed by atoms with Gasteiger partial charge in [-0.25, -0.2) is 0 Å². The van der Waals surface area contributed by atoms with Crippen molar-refractivity contribution in [2.45, 2.75) is 13.0 Å². The molecule has 0 aliphatic carbocycles. The summed E-state index contributed by atoms with van der Waals surface area (Å²) in [4.78, 5) is 29.2. The highest BCUT2D eigenvalue weighted by molar-refractivity contribution is 6.05. The molecule has 1 heterocycles. The van der Waals surface area contributed by atoms with Crippen LogP contribution < -0.4 is 0 Å². The first-order chi connectivity index (χ1) is 14.1. The Bertz CT molecular complexity index is 996. The van der Waals surface area contributed by atoms with Crippen LogP contribution in [0, 0.1) is 18.8 Å². The summed E-state index contributed by atoms with van der Waals surface area (Å²) in [7, 11) is 2.01. The zero-order valence-corrected chi connectivity index (χ0v) is 16.8. The quantitative estimate of drug-likeness (QED) is 0.583. The second kappa shape index (κ2) is 8.14. The lowest BCUT2D eigenvalue weighted by atomic mass is 9.78. The van der Waals surface area contributed by atoms with Gasteiger partial charge in [-0.2, -0.15) is 0 Å². The lowest BCUT2D eigenvalue weighted by Gasteiger charge is -2.26. The van der Waals surface area contributed by atoms with Crippen molar-refractivity contribution in [3.05, 3.63) is 107 Å². The molecule has 0 spiro atoms. The number of likely N-dealkylation sites (tertiary alicyclic amines) is 1. The third-order valence-electron chi connectivity index (χ3n) is 5.91. The van der Waals surface area contributed by atoms with E-state index in [-0.39, 0.29) is 23.5 Å². The Hall–Kier alpha value is -3.04. The number of aryl methyl sites for hydroxylation is 1. The molecule has 3 atom stereocenters. The number of Topliss-reactive ketones (excluding diaryl/α,β-unsaturated/α-hetero) is 2. The monoisotopic (exact) mass is 383 g/mol. The largest absolute Gasteiger partial charge is 0.298 e. The van der Waals surface area contributed by atoms with E-state index in [1.807, 2.05) is 67.7 Å². The Morgan fingerprint density at radius 3 is 1.83 bits per heavy atom. The number of hydrogen-bond acceptors (Lipinski definition) is 3. The van der Waals surface area contributed by atoms with E-state index < -0.39 is 5.92 Å². The van der Waals surface area contributed by atoms with Crippen LogP contribution in [-0.4, -0.2) is 30.1 Å². The number of carbonyl (C=O) groups is 2. The summed E-state index contributed by atoms with van der Waals surface area (Å²) in [5.74, 6) is -0.713. The van der Waals surface area contributed by atoms with E-state index in [1.165, 1.54) is 5.56 Å². The van der Waals surface area contributed by atoms with E-state index in [1.54, 1.807) is 0 Å². The van der Waals surface area contributed by atoms with Gasteiger partial charge < -0.3 is 0 Å². The second-order valence-electron chi connectivity index (χ2n) is 7.89. The Kier molecular flexibility index (Phi) is 5.41. The molecule has 3 nitrogen and oxygen atoms in total. The minimum atomic E-state index is -0.419. The molecule has 3 heteroatoms. The fourth-order valence-corrected chi connectivity index (χ4v) is 4.44. The molecular formula is C26H25NO2. The molecule has 4 rings (SSSR count). The van der Waals surface area contributed by atoms with Gasteiger partial charge in [0.05, 0.1) is 5.92 Å². The molecule has 0 N–H and O–H groups in total. The fraction of sp³-hybridized carbons (Fsp3) is 0.231. The second-order valence-corrected chi connectivity index (χ2v) is 7.89. The lowest BCUT2D eigenvalue weighted by Crippen LogP contribution is -2.30. The highest BCUT2D eigenvalue weighted by Gasteiger charge is 2.48. The lowest BCUT2D eigenvalue weighted by molar-refractivity contribution is 0.0785. The highest BCUT2D eigenvalue weighted by Crippen LogP contribution is 2.43. The summed E-state index contributed by atoms with van der Waals surface area (Å²) >= 11 is 0. The van der Waals surface area contributed by atoms with Crippen LogP contribution in [0.25, 0.3) is 0 Å². The molecule has 0 amide bonds. The molecule has 3 aromatic carbocycles. The maximum Gasteiger partial charge on any atom is 0.168 e. The van der Waals surface area contributed by atoms with Crippen LogP contribution in [0.3, 0.4) is 0 Å². The van der Waals surface area contributed by atoms with Crippen LogP contribution in [0.1, 0.15) is 37.9 Å². The standard InChI is InChI=1S/C26H25NO2/c1-18-13-15-19(16-14-18)24-23(26(29)21-11-7-4-8-12-21)22(17-27(24)2)25(28)20-9-5-3-6-10-20/h3-16,22-24H,17H2,1-2H3/t22-,23-,24+/m1/s1. The molecule has 0 bridgehead atoms. The van der Waals surface area contributed by atoms with Gasteiger partial charge in [0, 0.05) is 29.6 Å². The van der Waals surface area contributed by atoms with Gasteiger partial charge in [0.15, 0.2) is 11.6 Å². The average molecular weight is 383 g/mol. The Labute approximate surface area is 172 Å². The first kappa shape index (κ1) is 19.3. The Balaban J connectivity index is 1.77. The molecule has 29 heavy (non-hydrogen) atoms. The van der Waals surface area contributed by atoms with Gasteiger partial charge in [-0.15, -0.1) is 0 Å². The minimum absolute atomic E-state index is 0.0369. The predicted molar refractivity (Wildman–Crippen MR) is 115 cm³/mol. The zero-order chi connectivity index (χ0) is 20.4. The number of carbonyl (C=O) groups excluding carboxylic acids is 2. The van der Waals surface area contributed by atoms with Crippen molar-refractivity contribution in [3.63, 3.8) is 0 Å². The summed E-state index contributed by atoms with van der Waals surface area (Å²) in [5.41, 5.74) is 3.59. The van der Waals surface area contributed by atoms with E-state index in [9.17, 15) is 9.59 Å². The molecule has 1 aliphatic rings. The van der Waals surface area contributed by atoms with Gasteiger partial charge in [-0.3, -0.25) is 14.5 Å². The molecule has 146 valence electrons. The molecule has 0 aromatic heterocycles. The van der Waals surface area contributed by atoms with Gasteiger partial charge in [0.1, 0.15) is 0 Å². The third-order valence-corrected chi connectivity index (χ3v) is 5.91. The molecule has 0 radical (unpaired) electrons. The van der Waals surface area contributed by atoms with E-state index in [0.717, 1.165) is 5.56 Å². The van der Waals surface area contributed by atoms with E-state index >= 15 is 0 Å². The Morgan fingerprint density at radius 1 is 0.759 bits per heavy atom. The molecule has 1 saturated heterocycles. The number of rotatable bonds is 5. The molecule has 1 aliphatic heterocycles. The van der Waals surface area contributed by atoms with Crippen molar-refractivity contribution < 1.29 is 9.59 Å². The van der Waals surface area contributed by atoms with Crippen LogP contribution in [0.15, 0.2) is 84.9 Å². The Morgan fingerprint density at radius 2 is 1.28 bits per heavy atom. The summed E-state index contributed by atoms with van der Waals surface area (Å²) in [6, 6.07) is 26.8. The number of benzene rings is 3. The van der Waals surface area contributed by atoms with Crippen LogP contribution in [0.4, 0.5) is 0 Å². The molecule has 1 fully saturated rings. The van der Waals surface area contributed by atoms with Crippen molar-refractivity contribution in [2.24, 2.45) is 11.8 Å². The first-order valence-electron chi connectivity index (χ1n) is 10.0. The summed E-state index contributed by atoms with van der Waals surface area (Å²) in [6.45, 7) is 2.62. The van der Waals surface area contributed by atoms with Crippen LogP contribution >= 0.6 is 0 Å². The minimum Gasteiger partial charge on any atom is -0.298 e. The number of nitrogens with zero attached hydrogens (tertiary/aromatic N) is 1. The van der Waals surface area contributed by atoms with Gasteiger partial charge in [-0.05, 0) is 19.5 Å². The first-order valence-corrected chi connectivity index (χ1v) is 10.0. The van der Waals surface area contributed by atoms with Crippen molar-refractivity contribution in [2.75, 3.05) is 13.6 Å². The molecule has 3 aromatic rings. The third kappa shape index (κ3) is 3.79. The van der Waals surface area contributed by atoms with Gasteiger partial charge in [-0.1, -0.05) is 90.5 Å². The SMILES string of the molecule is Cc1ccc([C@H]2[C@H](C(=O)c3ccccc3)[C@H](C(=O)c3ccccc3)CN2C)cc1. The van der Waals surface area contributed by atoms with Crippen molar-refractivity contribution in [1.82, 2.24) is 4.90 Å². The smallest absolute Gasteiger partial charge is 0.168 e. The number of ketones is 2. The van der Waals surface area contributed by atoms with Crippen LogP contribution in [-0.2, 0) is 0 Å². The summed E-state index contributed by atoms with van der Waals surface area (Å²) in [5, 5.41) is 0. The average Bonchev–Trinajstić information content (AvgIpc) is 3.11. The topological polar surface area (TPSA) is 37.4 Å². The molecule has 0 saturated carbocycles. The van der Waals surface area contributed by atoms with Gasteiger partial charge in [0.2, 0.25) is 0 Å². The van der Waals surface area contributed by atoms with Gasteiger partial charge >= 0.3 is 0 Å². The van der Waals surface area contributed by atoms with E-state index in [0.29, 0.717) is 17.7 Å². The van der Waals surface area contributed by atoms with Crippen LogP contribution in [0.2, 0.25) is 0 Å². The zero-order valence-electron chi connectivity index (χ0n) is 16.8. The summed E-state index contributed by atoms with van der Waals surface area (Å²) in [6.07, 6.45) is 0. The maximum absolute atomic E-state index is 13.6. The molecule has 0 unspecified atom stereocenters. The van der Waals surface area contributed by atoms with Gasteiger partial charge in [0.25, 0.3) is 0 Å². The maximum atomic E-state index is 13.6. The van der Waals surface area contributed by atoms with Crippen molar-refractivity contribution >= 4 is 11.6 Å².